The second-order valence-corrected chi connectivity index (χ2v) is 6.59. The summed E-state index contributed by atoms with van der Waals surface area (Å²) in [4.78, 5) is 16.8. The first-order valence-corrected chi connectivity index (χ1v) is 7.81. The first-order chi connectivity index (χ1) is 10.7. The summed E-state index contributed by atoms with van der Waals surface area (Å²) in [6.45, 7) is 12.1. The van der Waals surface area contributed by atoms with E-state index in [1.165, 1.54) is 11.1 Å². The van der Waals surface area contributed by atoms with Crippen LogP contribution in [0.15, 0.2) is 16.2 Å². The molecule has 124 valence electrons. The highest BCUT2D eigenvalue weighted by atomic mass is 16.5. The third-order valence-corrected chi connectivity index (χ3v) is 4.36. The fourth-order valence-corrected chi connectivity index (χ4v) is 2.97. The molecular formula is C18H24N2O3. The van der Waals surface area contributed by atoms with Gasteiger partial charge in [0.05, 0.1) is 12.1 Å². The predicted octanol–water partition coefficient (Wildman–Crippen LogP) is 3.13. The lowest BCUT2D eigenvalue weighted by Crippen LogP contribution is -2.37. The van der Waals surface area contributed by atoms with E-state index in [2.05, 4.69) is 24.0 Å². The van der Waals surface area contributed by atoms with E-state index in [0.717, 1.165) is 23.1 Å². The number of fused-ring (bicyclic) bond motifs is 1. The predicted molar refractivity (Wildman–Crippen MR) is 90.8 cm³/mol. The van der Waals surface area contributed by atoms with Gasteiger partial charge in [-0.1, -0.05) is 5.16 Å². The van der Waals surface area contributed by atoms with Crippen molar-refractivity contribution in [2.24, 2.45) is 10.1 Å². The zero-order valence-corrected chi connectivity index (χ0v) is 14.6. The highest BCUT2D eigenvalue weighted by molar-refractivity contribution is 6.69. The Morgan fingerprint density at radius 3 is 2.57 bits per heavy atom. The zero-order valence-electron chi connectivity index (χ0n) is 14.6. The van der Waals surface area contributed by atoms with E-state index in [1.807, 2.05) is 26.8 Å². The molecule has 0 spiro atoms. The van der Waals surface area contributed by atoms with Crippen molar-refractivity contribution in [1.29, 1.82) is 0 Å². The lowest BCUT2D eigenvalue weighted by atomic mass is 9.81. The smallest absolute Gasteiger partial charge is 0.362 e. The summed E-state index contributed by atoms with van der Waals surface area (Å²) in [5.74, 6) is -0.659. The van der Waals surface area contributed by atoms with Crippen LogP contribution in [-0.2, 0) is 16.0 Å². The van der Waals surface area contributed by atoms with E-state index in [0.29, 0.717) is 5.71 Å². The van der Waals surface area contributed by atoms with Gasteiger partial charge in [-0.2, -0.15) is 0 Å². The quantitative estimate of drug-likeness (QED) is 0.403. The van der Waals surface area contributed by atoms with E-state index < -0.39 is 5.97 Å². The van der Waals surface area contributed by atoms with Crippen molar-refractivity contribution >= 4 is 17.4 Å². The van der Waals surface area contributed by atoms with E-state index in [9.17, 15) is 10.0 Å². The molecule has 1 aliphatic heterocycles. The van der Waals surface area contributed by atoms with Gasteiger partial charge >= 0.3 is 5.97 Å². The summed E-state index contributed by atoms with van der Waals surface area (Å²) >= 11 is 0. The summed E-state index contributed by atoms with van der Waals surface area (Å²) in [5, 5.41) is 12.6. The zero-order chi connectivity index (χ0) is 17.4. The molecule has 1 aromatic carbocycles. The number of aliphatic imine (C=N–C) groups is 1. The first kappa shape index (κ1) is 17.2. The molecule has 1 aliphatic rings. The molecule has 23 heavy (non-hydrogen) atoms. The monoisotopic (exact) mass is 316 g/mol. The Hall–Kier alpha value is -2.17. The lowest BCUT2D eigenvalue weighted by Gasteiger charge is -2.31. The van der Waals surface area contributed by atoms with Gasteiger partial charge in [-0.15, -0.1) is 0 Å². The molecule has 5 nitrogen and oxygen atoms in total. The molecule has 2 rings (SSSR count). The topological polar surface area (TPSA) is 71.2 Å². The van der Waals surface area contributed by atoms with Crippen molar-refractivity contribution in [3.8, 4) is 0 Å². The van der Waals surface area contributed by atoms with E-state index in [-0.39, 0.29) is 17.9 Å². The van der Waals surface area contributed by atoms with Gasteiger partial charge in [0.1, 0.15) is 5.71 Å². The summed E-state index contributed by atoms with van der Waals surface area (Å²) < 4.78 is 5.00. The SMILES string of the molecule is CCOC(=O)/C(=N\O)C1=NC(C)(C)Cc2c1cc(C)c(C)c2C. The average molecular weight is 316 g/mol. The van der Waals surface area contributed by atoms with Gasteiger partial charge in [-0.3, -0.25) is 4.99 Å². The largest absolute Gasteiger partial charge is 0.461 e. The number of benzene rings is 1. The highest BCUT2D eigenvalue weighted by Gasteiger charge is 2.34. The Bertz CT molecular complexity index is 715. The number of aryl methyl sites for hydroxylation is 1. The molecule has 0 atom stereocenters. The first-order valence-electron chi connectivity index (χ1n) is 7.81. The number of hydrogen-bond acceptors (Lipinski definition) is 5. The third-order valence-electron chi connectivity index (χ3n) is 4.36. The number of hydrogen-bond donors (Lipinski definition) is 1. The molecule has 1 heterocycles. The van der Waals surface area contributed by atoms with Crippen LogP contribution in [0.25, 0.3) is 0 Å². The molecular weight excluding hydrogens is 292 g/mol. The number of carbonyl (C=O) groups is 1. The molecule has 1 N–H and O–H groups in total. The number of oxime groups is 1. The Kier molecular flexibility index (Phi) is 4.59. The van der Waals surface area contributed by atoms with E-state index >= 15 is 0 Å². The number of carbonyl (C=O) groups excluding carboxylic acids is 1. The Labute approximate surface area is 137 Å². The molecule has 0 radical (unpaired) electrons. The van der Waals surface area contributed by atoms with Crippen molar-refractivity contribution in [3.05, 3.63) is 33.9 Å². The Morgan fingerprint density at radius 2 is 2.00 bits per heavy atom. The van der Waals surface area contributed by atoms with Crippen LogP contribution in [0, 0.1) is 20.8 Å². The minimum atomic E-state index is -0.659. The van der Waals surface area contributed by atoms with Crippen LogP contribution < -0.4 is 0 Å². The fourth-order valence-electron chi connectivity index (χ4n) is 2.97. The molecule has 5 heteroatoms. The number of ether oxygens (including phenoxy) is 1. The highest BCUT2D eigenvalue weighted by Crippen LogP contribution is 2.32. The summed E-state index contributed by atoms with van der Waals surface area (Å²) in [7, 11) is 0. The summed E-state index contributed by atoms with van der Waals surface area (Å²) in [6, 6.07) is 2.01. The van der Waals surface area contributed by atoms with Gasteiger partial charge in [0.25, 0.3) is 0 Å². The standard InChI is InChI=1S/C18H24N2O3/c1-7-23-17(21)16(20-22)15-13-8-10(2)11(3)12(4)14(13)9-18(5,6)19-15/h8,22H,7,9H2,1-6H3/b20-16-. The van der Waals surface area contributed by atoms with E-state index in [4.69, 9.17) is 4.74 Å². The normalized spacial score (nSPS) is 16.6. The van der Waals surface area contributed by atoms with Crippen molar-refractivity contribution in [3.63, 3.8) is 0 Å². The molecule has 0 fully saturated rings. The summed E-state index contributed by atoms with van der Waals surface area (Å²) in [5.41, 5.74) is 5.44. The van der Waals surface area contributed by atoms with Crippen molar-refractivity contribution in [2.45, 2.75) is 53.5 Å². The summed E-state index contributed by atoms with van der Waals surface area (Å²) in [6.07, 6.45) is 0.778. The Morgan fingerprint density at radius 1 is 1.35 bits per heavy atom. The van der Waals surface area contributed by atoms with Crippen LogP contribution in [-0.4, -0.2) is 34.7 Å². The van der Waals surface area contributed by atoms with Crippen LogP contribution in [0.1, 0.15) is 48.6 Å². The van der Waals surface area contributed by atoms with Gasteiger partial charge in [0.15, 0.2) is 0 Å². The van der Waals surface area contributed by atoms with Gasteiger partial charge in [0.2, 0.25) is 5.71 Å². The molecule has 0 aliphatic carbocycles. The second kappa shape index (κ2) is 6.14. The van der Waals surface area contributed by atoms with Gasteiger partial charge in [0, 0.05) is 5.56 Å². The lowest BCUT2D eigenvalue weighted by molar-refractivity contribution is -0.134. The van der Waals surface area contributed by atoms with Crippen LogP contribution in [0.4, 0.5) is 0 Å². The maximum Gasteiger partial charge on any atom is 0.362 e. The van der Waals surface area contributed by atoms with Crippen LogP contribution in [0.2, 0.25) is 0 Å². The minimum Gasteiger partial charge on any atom is -0.461 e. The van der Waals surface area contributed by atoms with Crippen molar-refractivity contribution in [1.82, 2.24) is 0 Å². The average Bonchev–Trinajstić information content (AvgIpc) is 2.47. The Balaban J connectivity index is 2.69. The third kappa shape index (κ3) is 3.14. The molecule has 1 aromatic rings. The van der Waals surface area contributed by atoms with Gasteiger partial charge in [-0.05, 0) is 76.3 Å². The number of rotatable bonds is 3. The van der Waals surface area contributed by atoms with E-state index in [1.54, 1.807) is 6.92 Å². The molecule has 0 saturated heterocycles. The van der Waals surface area contributed by atoms with Crippen LogP contribution in [0.5, 0.6) is 0 Å². The van der Waals surface area contributed by atoms with Crippen molar-refractivity contribution < 1.29 is 14.7 Å². The minimum absolute atomic E-state index is 0.136. The molecule has 0 aromatic heterocycles. The van der Waals surface area contributed by atoms with Gasteiger partial charge in [-0.25, -0.2) is 4.79 Å². The number of nitrogens with zero attached hydrogens (tertiary/aromatic N) is 2. The molecule has 0 saturated carbocycles. The van der Waals surface area contributed by atoms with Crippen LogP contribution in [0.3, 0.4) is 0 Å². The maximum absolute atomic E-state index is 12.1. The van der Waals surface area contributed by atoms with Gasteiger partial charge < -0.3 is 9.94 Å². The molecule has 0 amide bonds. The fraction of sp³-hybridized carbons (Fsp3) is 0.500. The maximum atomic E-state index is 12.1. The molecule has 0 unspecified atom stereocenters. The molecule has 0 bridgehead atoms. The second-order valence-electron chi connectivity index (χ2n) is 6.59. The van der Waals surface area contributed by atoms with Crippen molar-refractivity contribution in [2.75, 3.05) is 6.61 Å². The number of esters is 1. The van der Waals surface area contributed by atoms with Crippen LogP contribution >= 0.6 is 0 Å².